The van der Waals surface area contributed by atoms with Gasteiger partial charge in [0, 0.05) is 35.6 Å². The number of aromatic nitrogens is 2. The molecule has 4 aromatic rings. The van der Waals surface area contributed by atoms with E-state index in [1.807, 2.05) is 67.4 Å². The Labute approximate surface area is 200 Å². The van der Waals surface area contributed by atoms with E-state index in [2.05, 4.69) is 20.6 Å². The zero-order valence-corrected chi connectivity index (χ0v) is 20.1. The van der Waals surface area contributed by atoms with Crippen molar-refractivity contribution >= 4 is 51.1 Å². The highest BCUT2D eigenvalue weighted by Gasteiger charge is 2.15. The average molecular weight is 478 g/mol. The second-order valence-electron chi connectivity index (χ2n) is 7.35. The number of para-hydroxylation sites is 1. The van der Waals surface area contributed by atoms with Crippen molar-refractivity contribution in [3.63, 3.8) is 0 Å². The van der Waals surface area contributed by atoms with Crippen LogP contribution in [0.5, 0.6) is 0 Å². The number of thiophene rings is 1. The molecule has 0 radical (unpaired) electrons. The minimum Gasteiger partial charge on any atom is -0.351 e. The Kier molecular flexibility index (Phi) is 6.81. The van der Waals surface area contributed by atoms with Crippen LogP contribution in [0, 0.1) is 6.92 Å². The van der Waals surface area contributed by atoms with Crippen LogP contribution in [0.2, 0.25) is 0 Å². The van der Waals surface area contributed by atoms with Crippen molar-refractivity contribution in [1.29, 1.82) is 0 Å². The van der Waals surface area contributed by atoms with Crippen LogP contribution in [0.25, 0.3) is 10.6 Å². The van der Waals surface area contributed by atoms with Crippen LogP contribution in [-0.2, 0) is 11.3 Å². The second kappa shape index (κ2) is 9.93. The molecule has 7 nitrogen and oxygen atoms in total. The van der Waals surface area contributed by atoms with Crippen LogP contribution >= 0.6 is 22.7 Å². The Hall–Kier alpha value is -3.56. The van der Waals surface area contributed by atoms with E-state index < -0.39 is 0 Å². The van der Waals surface area contributed by atoms with Crippen molar-refractivity contribution in [3.8, 4) is 10.6 Å². The van der Waals surface area contributed by atoms with Gasteiger partial charge in [-0.1, -0.05) is 18.2 Å². The van der Waals surface area contributed by atoms with Gasteiger partial charge in [0.2, 0.25) is 5.91 Å². The summed E-state index contributed by atoms with van der Waals surface area (Å²) in [6, 6.07) is 17.5. The maximum atomic E-state index is 12.7. The molecule has 0 aliphatic carbocycles. The first-order valence-electron chi connectivity index (χ1n) is 10.3. The molecule has 4 rings (SSSR count). The van der Waals surface area contributed by atoms with E-state index in [4.69, 9.17) is 0 Å². The summed E-state index contributed by atoms with van der Waals surface area (Å²) in [5, 5.41) is 6.21. The number of benzene rings is 1. The van der Waals surface area contributed by atoms with Gasteiger partial charge in [0.15, 0.2) is 5.13 Å². The fourth-order valence-electron chi connectivity index (χ4n) is 3.16. The van der Waals surface area contributed by atoms with Crippen molar-refractivity contribution in [2.45, 2.75) is 20.4 Å². The molecule has 0 saturated heterocycles. The van der Waals surface area contributed by atoms with Crippen LogP contribution in [0.3, 0.4) is 0 Å². The summed E-state index contributed by atoms with van der Waals surface area (Å²) >= 11 is 3.01. The third-order valence-corrected chi connectivity index (χ3v) is 6.90. The average Bonchev–Trinajstić information content (AvgIpc) is 3.44. The van der Waals surface area contributed by atoms with Gasteiger partial charge in [0.1, 0.15) is 5.82 Å². The van der Waals surface area contributed by atoms with Gasteiger partial charge >= 0.3 is 0 Å². The molecule has 0 fully saturated rings. The van der Waals surface area contributed by atoms with Gasteiger partial charge in [-0.3, -0.25) is 14.9 Å². The molecule has 2 amide bonds. The first kappa shape index (κ1) is 22.6. The van der Waals surface area contributed by atoms with Gasteiger partial charge in [-0.25, -0.2) is 9.97 Å². The van der Waals surface area contributed by atoms with E-state index >= 15 is 0 Å². The number of hydrogen-bond acceptors (Lipinski definition) is 7. The van der Waals surface area contributed by atoms with Gasteiger partial charge in [0.05, 0.1) is 22.7 Å². The Morgan fingerprint density at radius 1 is 1.03 bits per heavy atom. The van der Waals surface area contributed by atoms with E-state index in [0.29, 0.717) is 17.2 Å². The normalized spacial score (nSPS) is 10.6. The second-order valence-corrected chi connectivity index (χ2v) is 9.72. The summed E-state index contributed by atoms with van der Waals surface area (Å²) in [5.74, 6) is 0.432. The minimum absolute atomic E-state index is 0.0611. The number of anilines is 3. The van der Waals surface area contributed by atoms with E-state index in [9.17, 15) is 9.59 Å². The summed E-state index contributed by atoms with van der Waals surface area (Å²) in [6.07, 6.45) is 1.57. The van der Waals surface area contributed by atoms with E-state index in [0.717, 1.165) is 31.8 Å². The molecule has 1 aromatic carbocycles. The molecule has 0 unspecified atom stereocenters. The van der Waals surface area contributed by atoms with Gasteiger partial charge in [-0.15, -0.1) is 22.7 Å². The SMILES string of the molecule is CC(=O)NCc1ccc(-c2nc(NC(=O)c3ccc(N(C)c4ccccc4)nc3)sc2C)s1. The Balaban J connectivity index is 1.43. The van der Waals surface area contributed by atoms with Crippen molar-refractivity contribution in [2.24, 2.45) is 0 Å². The van der Waals surface area contributed by atoms with Gasteiger partial charge in [-0.2, -0.15) is 0 Å². The monoisotopic (exact) mass is 477 g/mol. The number of amides is 2. The standard InChI is InChI=1S/C24H23N5O2S2/c1-15-22(20-11-10-19(33-20)14-25-16(2)30)27-24(32-15)28-23(31)17-9-12-21(26-13-17)29(3)18-7-5-4-6-8-18/h4-13H,14H2,1-3H3,(H,25,30)(H,27,28,31). The molecule has 0 aliphatic rings. The first-order chi connectivity index (χ1) is 15.9. The fraction of sp³-hybridized carbons (Fsp3) is 0.167. The Bertz CT molecular complexity index is 1270. The number of nitrogens with one attached hydrogen (secondary N) is 2. The summed E-state index contributed by atoms with van der Waals surface area (Å²) in [5.41, 5.74) is 2.32. The molecule has 168 valence electrons. The third-order valence-electron chi connectivity index (χ3n) is 4.92. The Morgan fingerprint density at radius 3 is 2.52 bits per heavy atom. The van der Waals surface area contributed by atoms with E-state index in [1.54, 1.807) is 23.6 Å². The molecule has 2 N–H and O–H groups in total. The van der Waals surface area contributed by atoms with Crippen LogP contribution in [0.15, 0.2) is 60.8 Å². The zero-order valence-electron chi connectivity index (χ0n) is 18.5. The molecule has 0 bridgehead atoms. The topological polar surface area (TPSA) is 87.2 Å². The van der Waals surface area contributed by atoms with Crippen LogP contribution in [-0.4, -0.2) is 28.8 Å². The molecule has 0 spiro atoms. The predicted octanol–water partition coefficient (Wildman–Crippen LogP) is 5.23. The molecule has 9 heteroatoms. The number of rotatable bonds is 7. The molecule has 3 heterocycles. The highest BCUT2D eigenvalue weighted by molar-refractivity contribution is 7.18. The lowest BCUT2D eigenvalue weighted by Crippen LogP contribution is -2.17. The molecular weight excluding hydrogens is 454 g/mol. The number of carbonyl (C=O) groups is 2. The van der Waals surface area contributed by atoms with Gasteiger partial charge in [0.25, 0.3) is 5.91 Å². The third kappa shape index (κ3) is 5.44. The number of pyridine rings is 1. The highest BCUT2D eigenvalue weighted by Crippen LogP contribution is 2.35. The molecule has 0 atom stereocenters. The number of thiazole rings is 1. The molecule has 3 aromatic heterocycles. The smallest absolute Gasteiger partial charge is 0.259 e. The quantitative estimate of drug-likeness (QED) is 0.381. The minimum atomic E-state index is -0.255. The lowest BCUT2D eigenvalue weighted by atomic mass is 10.2. The lowest BCUT2D eigenvalue weighted by Gasteiger charge is -2.18. The lowest BCUT2D eigenvalue weighted by molar-refractivity contribution is -0.119. The summed E-state index contributed by atoms with van der Waals surface area (Å²) in [4.78, 5) is 37.9. The molecular formula is C24H23N5O2S2. The first-order valence-corrected chi connectivity index (χ1v) is 11.9. The van der Waals surface area contributed by atoms with Crippen molar-refractivity contribution in [2.75, 3.05) is 17.3 Å². The van der Waals surface area contributed by atoms with Gasteiger partial charge < -0.3 is 10.2 Å². The number of hydrogen-bond donors (Lipinski definition) is 2. The van der Waals surface area contributed by atoms with E-state index in [-0.39, 0.29) is 11.8 Å². The Morgan fingerprint density at radius 2 is 1.82 bits per heavy atom. The summed E-state index contributed by atoms with van der Waals surface area (Å²) in [7, 11) is 1.93. The fourth-order valence-corrected chi connectivity index (χ4v) is 5.04. The van der Waals surface area contributed by atoms with Crippen molar-refractivity contribution < 1.29 is 9.59 Å². The largest absolute Gasteiger partial charge is 0.351 e. The highest BCUT2D eigenvalue weighted by atomic mass is 32.1. The van der Waals surface area contributed by atoms with Crippen molar-refractivity contribution in [1.82, 2.24) is 15.3 Å². The summed E-state index contributed by atoms with van der Waals surface area (Å²) < 4.78 is 0. The predicted molar refractivity (Wildman–Crippen MR) is 134 cm³/mol. The summed E-state index contributed by atoms with van der Waals surface area (Å²) in [6.45, 7) is 3.97. The molecule has 0 aliphatic heterocycles. The maximum Gasteiger partial charge on any atom is 0.259 e. The molecule has 33 heavy (non-hydrogen) atoms. The van der Waals surface area contributed by atoms with Crippen LogP contribution in [0.4, 0.5) is 16.6 Å². The number of aryl methyl sites for hydroxylation is 1. The molecule has 0 saturated carbocycles. The zero-order chi connectivity index (χ0) is 23.4. The van der Waals surface area contributed by atoms with Crippen LogP contribution in [0.1, 0.15) is 27.0 Å². The van der Waals surface area contributed by atoms with E-state index in [1.165, 1.54) is 18.3 Å². The maximum absolute atomic E-state index is 12.7. The van der Waals surface area contributed by atoms with Crippen molar-refractivity contribution in [3.05, 3.63) is 76.1 Å². The van der Waals surface area contributed by atoms with Crippen LogP contribution < -0.4 is 15.5 Å². The van der Waals surface area contributed by atoms with Gasteiger partial charge in [-0.05, 0) is 43.3 Å². The number of nitrogens with zero attached hydrogens (tertiary/aromatic N) is 3. The number of carbonyl (C=O) groups excluding carboxylic acids is 2.